The Labute approximate surface area is 125 Å². The van der Waals surface area contributed by atoms with E-state index in [4.69, 9.17) is 9.47 Å². The van der Waals surface area contributed by atoms with Crippen molar-refractivity contribution in [2.75, 3.05) is 26.8 Å². The van der Waals surface area contributed by atoms with Crippen LogP contribution < -0.4 is 10.1 Å². The van der Waals surface area contributed by atoms with Gasteiger partial charge in [0.2, 0.25) is 0 Å². The van der Waals surface area contributed by atoms with Crippen molar-refractivity contribution in [2.45, 2.75) is 45.3 Å². The molecule has 0 bridgehead atoms. The average molecular weight is 295 g/mol. The summed E-state index contributed by atoms with van der Waals surface area (Å²) in [6.07, 6.45) is 5.22. The van der Waals surface area contributed by atoms with E-state index in [9.17, 15) is 4.79 Å². The van der Waals surface area contributed by atoms with Gasteiger partial charge < -0.3 is 14.8 Å². The maximum Gasteiger partial charge on any atom is 0.186 e. The summed E-state index contributed by atoms with van der Waals surface area (Å²) in [6, 6.07) is 0. The van der Waals surface area contributed by atoms with Crippen LogP contribution >= 0.6 is 0 Å². The summed E-state index contributed by atoms with van der Waals surface area (Å²) in [6.45, 7) is 5.23. The number of carbonyl (C=O) groups excluding carboxylic acids is 1. The van der Waals surface area contributed by atoms with Gasteiger partial charge in [-0.3, -0.25) is 9.48 Å². The molecule has 0 spiro atoms. The number of aromatic nitrogens is 2. The van der Waals surface area contributed by atoms with E-state index in [2.05, 4.69) is 17.3 Å². The average Bonchev–Trinajstić information content (AvgIpc) is 2.91. The van der Waals surface area contributed by atoms with Gasteiger partial charge in [0.15, 0.2) is 11.5 Å². The van der Waals surface area contributed by atoms with E-state index in [-0.39, 0.29) is 11.9 Å². The van der Waals surface area contributed by atoms with Gasteiger partial charge in [-0.05, 0) is 32.4 Å². The fourth-order valence-corrected chi connectivity index (χ4v) is 2.58. The summed E-state index contributed by atoms with van der Waals surface area (Å²) in [5.41, 5.74) is 0.563. The minimum Gasteiger partial charge on any atom is -0.493 e. The molecular formula is C15H25N3O3. The number of rotatable bonds is 8. The molecule has 21 heavy (non-hydrogen) atoms. The van der Waals surface area contributed by atoms with Crippen LogP contribution in [0.3, 0.4) is 0 Å². The minimum atomic E-state index is 0.0340. The molecule has 1 aromatic heterocycles. The van der Waals surface area contributed by atoms with Crippen molar-refractivity contribution in [1.82, 2.24) is 15.1 Å². The number of nitrogens with one attached hydrogen (secondary N) is 1. The zero-order valence-corrected chi connectivity index (χ0v) is 12.9. The lowest BCUT2D eigenvalue weighted by Gasteiger charge is -2.22. The highest BCUT2D eigenvalue weighted by Gasteiger charge is 2.20. The smallest absolute Gasteiger partial charge is 0.186 e. The number of methoxy groups -OCH3 is 1. The van der Waals surface area contributed by atoms with Crippen molar-refractivity contribution in [3.05, 3.63) is 11.9 Å². The zero-order valence-electron chi connectivity index (χ0n) is 12.9. The first-order valence-corrected chi connectivity index (χ1v) is 7.71. The predicted molar refractivity (Wildman–Crippen MR) is 79.9 cm³/mol. The van der Waals surface area contributed by atoms with Crippen LogP contribution in [-0.4, -0.2) is 48.5 Å². The van der Waals surface area contributed by atoms with Gasteiger partial charge in [0.1, 0.15) is 5.69 Å². The number of ketones is 1. The predicted octanol–water partition coefficient (Wildman–Crippen LogP) is 1.64. The molecule has 0 saturated carbocycles. The lowest BCUT2D eigenvalue weighted by atomic mass is 10.1. The van der Waals surface area contributed by atoms with Gasteiger partial charge in [0.05, 0.1) is 26.0 Å². The second-order valence-electron chi connectivity index (χ2n) is 5.28. The molecule has 0 unspecified atom stereocenters. The van der Waals surface area contributed by atoms with E-state index in [1.807, 2.05) is 0 Å². The second-order valence-corrected chi connectivity index (χ2v) is 5.28. The van der Waals surface area contributed by atoms with Gasteiger partial charge in [-0.1, -0.05) is 6.92 Å². The summed E-state index contributed by atoms with van der Waals surface area (Å²) < 4.78 is 12.8. The van der Waals surface area contributed by atoms with Crippen LogP contribution in [0, 0.1) is 0 Å². The Morgan fingerprint density at radius 2 is 2.24 bits per heavy atom. The third-order valence-corrected chi connectivity index (χ3v) is 3.69. The largest absolute Gasteiger partial charge is 0.493 e. The number of nitrogens with zero attached hydrogens (tertiary/aromatic N) is 2. The molecule has 0 atom stereocenters. The van der Waals surface area contributed by atoms with Gasteiger partial charge in [-0.25, -0.2) is 0 Å². The molecular weight excluding hydrogens is 270 g/mol. The first-order chi connectivity index (χ1) is 10.3. The van der Waals surface area contributed by atoms with Crippen LogP contribution in [0.4, 0.5) is 0 Å². The quantitative estimate of drug-likeness (QED) is 0.739. The van der Waals surface area contributed by atoms with Crippen LogP contribution in [0.1, 0.15) is 43.1 Å². The molecule has 0 aromatic carbocycles. The van der Waals surface area contributed by atoms with Gasteiger partial charge in [0.25, 0.3) is 0 Å². The highest BCUT2D eigenvalue weighted by atomic mass is 16.5. The fraction of sp³-hybridized carbons (Fsp3) is 0.733. The SMILES string of the molecule is CCCn1ncc(OC)c1C(=O)CCOC1CCNCC1. The topological polar surface area (TPSA) is 65.4 Å². The fourth-order valence-electron chi connectivity index (χ4n) is 2.58. The molecule has 118 valence electrons. The molecule has 0 amide bonds. The first-order valence-electron chi connectivity index (χ1n) is 7.71. The second kappa shape index (κ2) is 8.14. The maximum atomic E-state index is 12.4. The molecule has 6 heteroatoms. The number of hydrogen-bond acceptors (Lipinski definition) is 5. The Bertz CT molecular complexity index is 453. The number of hydrogen-bond donors (Lipinski definition) is 1. The van der Waals surface area contributed by atoms with Crippen molar-refractivity contribution in [3.8, 4) is 5.75 Å². The summed E-state index contributed by atoms with van der Waals surface area (Å²) in [5.74, 6) is 0.585. The molecule has 2 rings (SSSR count). The third-order valence-electron chi connectivity index (χ3n) is 3.69. The maximum absolute atomic E-state index is 12.4. The van der Waals surface area contributed by atoms with Crippen LogP contribution in [0.5, 0.6) is 5.75 Å². The lowest BCUT2D eigenvalue weighted by Crippen LogP contribution is -2.32. The van der Waals surface area contributed by atoms with Gasteiger partial charge in [0, 0.05) is 13.0 Å². The summed E-state index contributed by atoms with van der Waals surface area (Å²) >= 11 is 0. The summed E-state index contributed by atoms with van der Waals surface area (Å²) in [4.78, 5) is 12.4. The third kappa shape index (κ3) is 4.28. The van der Waals surface area contributed by atoms with Crippen molar-refractivity contribution >= 4 is 5.78 Å². The van der Waals surface area contributed by atoms with E-state index in [1.165, 1.54) is 0 Å². The molecule has 1 saturated heterocycles. The number of ether oxygens (including phenoxy) is 2. The zero-order chi connectivity index (χ0) is 15.1. The monoisotopic (exact) mass is 295 g/mol. The molecule has 1 N–H and O–H groups in total. The van der Waals surface area contributed by atoms with Crippen molar-refractivity contribution in [2.24, 2.45) is 0 Å². The Morgan fingerprint density at radius 1 is 1.48 bits per heavy atom. The Hall–Kier alpha value is -1.40. The van der Waals surface area contributed by atoms with Gasteiger partial charge in [-0.2, -0.15) is 5.10 Å². The normalized spacial score (nSPS) is 16.1. The van der Waals surface area contributed by atoms with Crippen LogP contribution in [0.2, 0.25) is 0 Å². The molecule has 0 aliphatic carbocycles. The van der Waals surface area contributed by atoms with Crippen molar-refractivity contribution < 1.29 is 14.3 Å². The summed E-state index contributed by atoms with van der Waals surface area (Å²) in [5, 5.41) is 7.52. The van der Waals surface area contributed by atoms with E-state index in [0.29, 0.717) is 24.5 Å². The molecule has 0 radical (unpaired) electrons. The molecule has 1 aliphatic heterocycles. The van der Waals surface area contributed by atoms with Crippen LogP contribution in [0.15, 0.2) is 6.20 Å². The number of aryl methyl sites for hydroxylation is 1. The highest BCUT2D eigenvalue weighted by Crippen LogP contribution is 2.20. The number of Topliss-reactive ketones (excluding diaryl/α,β-unsaturated/α-hetero) is 1. The Balaban J connectivity index is 1.88. The molecule has 1 aliphatic rings. The van der Waals surface area contributed by atoms with Gasteiger partial charge in [-0.15, -0.1) is 0 Å². The van der Waals surface area contributed by atoms with Crippen LogP contribution in [0.25, 0.3) is 0 Å². The summed E-state index contributed by atoms with van der Waals surface area (Å²) in [7, 11) is 1.57. The number of carbonyl (C=O) groups is 1. The number of piperidine rings is 1. The molecule has 6 nitrogen and oxygen atoms in total. The molecule has 1 aromatic rings. The lowest BCUT2D eigenvalue weighted by molar-refractivity contribution is 0.0311. The molecule has 2 heterocycles. The standard InChI is InChI=1S/C15H25N3O3/c1-3-9-18-15(14(20-2)11-17-18)13(19)6-10-21-12-4-7-16-8-5-12/h11-12,16H,3-10H2,1-2H3. The van der Waals surface area contributed by atoms with Crippen molar-refractivity contribution in [3.63, 3.8) is 0 Å². The van der Waals surface area contributed by atoms with Crippen LogP contribution in [-0.2, 0) is 11.3 Å². The Morgan fingerprint density at radius 3 is 2.90 bits per heavy atom. The van der Waals surface area contributed by atoms with Crippen molar-refractivity contribution in [1.29, 1.82) is 0 Å². The highest BCUT2D eigenvalue weighted by molar-refractivity contribution is 5.97. The van der Waals surface area contributed by atoms with Gasteiger partial charge >= 0.3 is 0 Å². The minimum absolute atomic E-state index is 0.0340. The van der Waals surface area contributed by atoms with E-state index < -0.39 is 0 Å². The molecule has 1 fully saturated rings. The Kier molecular flexibility index (Phi) is 6.20. The van der Waals surface area contributed by atoms with E-state index in [0.717, 1.165) is 38.9 Å². The van der Waals surface area contributed by atoms with E-state index >= 15 is 0 Å². The first kappa shape index (κ1) is 16.0. The van der Waals surface area contributed by atoms with E-state index in [1.54, 1.807) is 18.0 Å².